The highest BCUT2D eigenvalue weighted by Crippen LogP contribution is 2.45. The molecule has 0 aliphatic heterocycles. The molecule has 5 nitrogen and oxygen atoms in total. The molecule has 194 valence electrons. The van der Waals surface area contributed by atoms with Crippen LogP contribution in [0.5, 0.6) is 11.5 Å². The van der Waals surface area contributed by atoms with Gasteiger partial charge in [-0.25, -0.2) is 0 Å². The summed E-state index contributed by atoms with van der Waals surface area (Å²) in [6.07, 6.45) is 12.9. The zero-order chi connectivity index (χ0) is 25.7. The maximum atomic E-state index is 12.9. The van der Waals surface area contributed by atoms with E-state index in [0.29, 0.717) is 11.6 Å². The van der Waals surface area contributed by atoms with E-state index in [4.69, 9.17) is 9.47 Å². The second kappa shape index (κ2) is 11.9. The average Bonchev–Trinajstić information content (AvgIpc) is 3.40. The monoisotopic (exact) mass is 490 g/mol. The lowest BCUT2D eigenvalue weighted by atomic mass is 9.91. The number of ether oxygens (including phenoxy) is 2. The fourth-order valence-electron chi connectivity index (χ4n) is 5.87. The number of nitrogens with one attached hydrogen (secondary N) is 2. The van der Waals surface area contributed by atoms with Crippen LogP contribution in [0.1, 0.15) is 81.4 Å². The van der Waals surface area contributed by atoms with Crippen LogP contribution >= 0.6 is 0 Å². The van der Waals surface area contributed by atoms with E-state index in [0.717, 1.165) is 57.8 Å². The Kier molecular flexibility index (Phi) is 8.60. The molecule has 5 heteroatoms. The fraction of sp³-hybridized carbons (Fsp3) is 0.516. The Morgan fingerprint density at radius 2 is 1.42 bits per heavy atom. The molecular formula is C31H42N2O3. The first-order valence-electron chi connectivity index (χ1n) is 13.5. The minimum atomic E-state index is -0.00916. The molecule has 0 unspecified atom stereocenters. The van der Waals surface area contributed by atoms with Gasteiger partial charge in [-0.05, 0) is 70.2 Å². The second-order valence-corrected chi connectivity index (χ2v) is 10.4. The lowest BCUT2D eigenvalue weighted by molar-refractivity contribution is -0.118. The van der Waals surface area contributed by atoms with E-state index in [1.165, 1.54) is 44.9 Å². The maximum Gasteiger partial charge on any atom is 0.247 e. The summed E-state index contributed by atoms with van der Waals surface area (Å²) in [6.45, 7) is 5.98. The first-order chi connectivity index (χ1) is 17.4. The van der Waals surface area contributed by atoms with Crippen molar-refractivity contribution in [3.05, 3.63) is 46.5 Å². The van der Waals surface area contributed by atoms with Gasteiger partial charge in [0.1, 0.15) is 11.5 Å². The van der Waals surface area contributed by atoms with Gasteiger partial charge >= 0.3 is 0 Å². The highest BCUT2D eigenvalue weighted by atomic mass is 16.5. The van der Waals surface area contributed by atoms with E-state index in [1.54, 1.807) is 14.2 Å². The van der Waals surface area contributed by atoms with Crippen molar-refractivity contribution in [2.45, 2.75) is 90.6 Å². The number of methoxy groups -OCH3 is 2. The molecule has 0 atom stereocenters. The standard InChI is InChI=1S/C31H42N2O3/c1-20(31(34)33-25-13-9-10-14-25)19-27-21(2)30(36-5)28(22(3)29(27)35-4)23-15-17-26(18-16-23)32-24-11-7-6-8-12-24/h15-19,24-25,32H,6-14H2,1-5H3,(H,33,34)/b20-19+. The number of hydrogen-bond donors (Lipinski definition) is 2. The van der Waals surface area contributed by atoms with Crippen molar-refractivity contribution in [1.29, 1.82) is 0 Å². The molecule has 2 aliphatic rings. The predicted molar refractivity (Wildman–Crippen MR) is 149 cm³/mol. The van der Waals surface area contributed by atoms with Gasteiger partial charge in [-0.15, -0.1) is 0 Å². The number of carbonyl (C=O) groups excluding carboxylic acids is 1. The minimum absolute atomic E-state index is 0.00916. The zero-order valence-electron chi connectivity index (χ0n) is 22.6. The molecular weight excluding hydrogens is 448 g/mol. The van der Waals surface area contributed by atoms with Gasteiger partial charge in [-0.2, -0.15) is 0 Å². The Hall–Kier alpha value is -2.95. The van der Waals surface area contributed by atoms with Crippen molar-refractivity contribution in [2.24, 2.45) is 0 Å². The Labute approximate surface area is 216 Å². The van der Waals surface area contributed by atoms with Crippen LogP contribution in [0.25, 0.3) is 17.2 Å². The molecule has 2 aliphatic carbocycles. The van der Waals surface area contributed by atoms with Crippen molar-refractivity contribution in [1.82, 2.24) is 5.32 Å². The molecule has 4 rings (SSSR count). The van der Waals surface area contributed by atoms with E-state index in [-0.39, 0.29) is 11.9 Å². The molecule has 0 radical (unpaired) electrons. The van der Waals surface area contributed by atoms with Crippen molar-refractivity contribution in [2.75, 3.05) is 19.5 Å². The van der Waals surface area contributed by atoms with Gasteiger partial charge in [-0.1, -0.05) is 44.2 Å². The lowest BCUT2D eigenvalue weighted by Gasteiger charge is -2.24. The average molecular weight is 491 g/mol. The molecule has 0 saturated heterocycles. The van der Waals surface area contributed by atoms with E-state index in [2.05, 4.69) is 41.8 Å². The SMILES string of the molecule is COc1c(C)c(-c2ccc(NC3CCCCC3)cc2)c(OC)c(C)c1/C=C(\C)C(=O)NC1CCCC1. The molecule has 1 amide bonds. The number of anilines is 1. The summed E-state index contributed by atoms with van der Waals surface area (Å²) in [7, 11) is 3.41. The van der Waals surface area contributed by atoms with Crippen LogP contribution in [0.15, 0.2) is 29.8 Å². The third kappa shape index (κ3) is 5.71. The maximum absolute atomic E-state index is 12.9. The summed E-state index contributed by atoms with van der Waals surface area (Å²) < 4.78 is 11.9. The summed E-state index contributed by atoms with van der Waals surface area (Å²) in [4.78, 5) is 12.9. The molecule has 2 fully saturated rings. The van der Waals surface area contributed by atoms with Gasteiger partial charge in [0.05, 0.1) is 14.2 Å². The molecule has 2 saturated carbocycles. The van der Waals surface area contributed by atoms with Crippen LogP contribution in [0.2, 0.25) is 0 Å². The zero-order valence-corrected chi connectivity index (χ0v) is 22.6. The number of benzene rings is 2. The summed E-state index contributed by atoms with van der Waals surface area (Å²) in [5, 5.41) is 6.89. The fourth-order valence-corrected chi connectivity index (χ4v) is 5.87. The predicted octanol–water partition coefficient (Wildman–Crippen LogP) is 7.19. The number of carbonyl (C=O) groups is 1. The lowest BCUT2D eigenvalue weighted by Crippen LogP contribution is -2.33. The van der Waals surface area contributed by atoms with Crippen LogP contribution in [0.3, 0.4) is 0 Å². The van der Waals surface area contributed by atoms with E-state index < -0.39 is 0 Å². The highest BCUT2D eigenvalue weighted by Gasteiger charge is 2.23. The molecule has 0 aromatic heterocycles. The summed E-state index contributed by atoms with van der Waals surface area (Å²) in [5.41, 5.74) is 6.82. The first kappa shape index (κ1) is 26.1. The van der Waals surface area contributed by atoms with Gasteiger partial charge in [0.25, 0.3) is 0 Å². The summed E-state index contributed by atoms with van der Waals surface area (Å²) in [6, 6.07) is 9.50. The Bertz CT molecular complexity index is 1090. The largest absolute Gasteiger partial charge is 0.496 e. The van der Waals surface area contributed by atoms with Crippen LogP contribution in [0.4, 0.5) is 5.69 Å². The molecule has 0 spiro atoms. The van der Waals surface area contributed by atoms with Crippen LogP contribution in [0, 0.1) is 13.8 Å². The van der Waals surface area contributed by atoms with Crippen molar-refractivity contribution in [3.8, 4) is 22.6 Å². The molecule has 36 heavy (non-hydrogen) atoms. The van der Waals surface area contributed by atoms with Crippen molar-refractivity contribution in [3.63, 3.8) is 0 Å². The summed E-state index contributed by atoms with van der Waals surface area (Å²) in [5.74, 6) is 1.59. The number of hydrogen-bond acceptors (Lipinski definition) is 4. The first-order valence-corrected chi connectivity index (χ1v) is 13.5. The smallest absolute Gasteiger partial charge is 0.247 e. The Morgan fingerprint density at radius 3 is 2.03 bits per heavy atom. The van der Waals surface area contributed by atoms with Gasteiger partial charge in [-0.3, -0.25) is 4.79 Å². The normalized spacial score (nSPS) is 17.2. The molecule has 2 aromatic carbocycles. The molecule has 0 bridgehead atoms. The third-order valence-electron chi connectivity index (χ3n) is 7.90. The minimum Gasteiger partial charge on any atom is -0.496 e. The van der Waals surface area contributed by atoms with Crippen LogP contribution in [-0.4, -0.2) is 32.2 Å². The van der Waals surface area contributed by atoms with E-state index in [9.17, 15) is 4.79 Å². The van der Waals surface area contributed by atoms with Gasteiger partial charge in [0.2, 0.25) is 5.91 Å². The molecule has 2 aromatic rings. The van der Waals surface area contributed by atoms with E-state index >= 15 is 0 Å². The van der Waals surface area contributed by atoms with Crippen LogP contribution < -0.4 is 20.1 Å². The number of rotatable bonds is 8. The Morgan fingerprint density at radius 1 is 0.833 bits per heavy atom. The highest BCUT2D eigenvalue weighted by molar-refractivity contribution is 5.98. The van der Waals surface area contributed by atoms with Gasteiger partial charge in [0.15, 0.2) is 0 Å². The quantitative estimate of drug-likeness (QED) is 0.384. The van der Waals surface area contributed by atoms with E-state index in [1.807, 2.05) is 19.9 Å². The van der Waals surface area contributed by atoms with Gasteiger partial charge < -0.3 is 20.1 Å². The van der Waals surface area contributed by atoms with Gasteiger partial charge in [0, 0.05) is 45.6 Å². The van der Waals surface area contributed by atoms with Crippen molar-refractivity contribution < 1.29 is 14.3 Å². The third-order valence-corrected chi connectivity index (χ3v) is 7.90. The summed E-state index contributed by atoms with van der Waals surface area (Å²) >= 11 is 0. The van der Waals surface area contributed by atoms with Crippen LogP contribution in [-0.2, 0) is 4.79 Å². The van der Waals surface area contributed by atoms with Crippen molar-refractivity contribution >= 4 is 17.7 Å². The molecule has 2 N–H and O–H groups in total. The topological polar surface area (TPSA) is 59.6 Å². The number of amides is 1. The second-order valence-electron chi connectivity index (χ2n) is 10.4. The molecule has 0 heterocycles. The Balaban J connectivity index is 1.65.